The second-order valence-corrected chi connectivity index (χ2v) is 5.64. The molecule has 92 valence electrons. The number of aryl methyl sites for hydroxylation is 3. The van der Waals surface area contributed by atoms with Gasteiger partial charge >= 0.3 is 0 Å². The summed E-state index contributed by atoms with van der Waals surface area (Å²) in [5.74, 6) is 0. The first-order valence-electron chi connectivity index (χ1n) is 7.24. The van der Waals surface area contributed by atoms with Crippen LogP contribution in [0.4, 0.5) is 5.69 Å². The Kier molecular flexibility index (Phi) is 2.32. The average Bonchev–Trinajstić information content (AvgIpc) is 2.46. The summed E-state index contributed by atoms with van der Waals surface area (Å²) in [5.41, 5.74) is 6.12. The molecule has 1 heterocycles. The molecule has 0 fully saturated rings. The third kappa shape index (κ3) is 1.46. The SMILES string of the molecule is c1cc2c3c(ccc2c2c1CCCC2)CCCN3. The number of benzene rings is 2. The fourth-order valence-corrected chi connectivity index (χ4v) is 3.61. The molecule has 4 rings (SSSR count). The van der Waals surface area contributed by atoms with Crippen LogP contribution in [0.25, 0.3) is 10.8 Å². The summed E-state index contributed by atoms with van der Waals surface area (Å²) in [6.45, 7) is 1.13. The Bertz CT molecular complexity index is 557. The summed E-state index contributed by atoms with van der Waals surface area (Å²) >= 11 is 0. The second-order valence-electron chi connectivity index (χ2n) is 5.64. The van der Waals surface area contributed by atoms with Gasteiger partial charge in [0.1, 0.15) is 0 Å². The number of hydrogen-bond donors (Lipinski definition) is 1. The Morgan fingerprint density at radius 2 is 1.50 bits per heavy atom. The zero-order valence-corrected chi connectivity index (χ0v) is 10.8. The van der Waals surface area contributed by atoms with E-state index in [0.717, 1.165) is 6.54 Å². The molecule has 2 aliphatic rings. The van der Waals surface area contributed by atoms with Crippen LogP contribution in [-0.4, -0.2) is 6.54 Å². The first-order valence-corrected chi connectivity index (χ1v) is 7.24. The molecular formula is C17H19N. The monoisotopic (exact) mass is 237 g/mol. The van der Waals surface area contributed by atoms with Crippen molar-refractivity contribution in [2.24, 2.45) is 0 Å². The van der Waals surface area contributed by atoms with Gasteiger partial charge in [-0.15, -0.1) is 0 Å². The van der Waals surface area contributed by atoms with Crippen LogP contribution in [0.5, 0.6) is 0 Å². The summed E-state index contributed by atoms with van der Waals surface area (Å²) in [6, 6.07) is 9.42. The molecule has 0 radical (unpaired) electrons. The fourth-order valence-electron chi connectivity index (χ4n) is 3.61. The van der Waals surface area contributed by atoms with Crippen molar-refractivity contribution in [3.8, 4) is 0 Å². The highest BCUT2D eigenvalue weighted by Gasteiger charge is 2.16. The van der Waals surface area contributed by atoms with Gasteiger partial charge in [0.05, 0.1) is 0 Å². The molecule has 0 saturated heterocycles. The van der Waals surface area contributed by atoms with Crippen molar-refractivity contribution in [2.45, 2.75) is 38.5 Å². The third-order valence-electron chi connectivity index (χ3n) is 4.54. The van der Waals surface area contributed by atoms with Crippen LogP contribution in [0.2, 0.25) is 0 Å². The van der Waals surface area contributed by atoms with Crippen molar-refractivity contribution in [3.05, 3.63) is 41.0 Å². The van der Waals surface area contributed by atoms with Crippen molar-refractivity contribution in [1.82, 2.24) is 0 Å². The summed E-state index contributed by atoms with van der Waals surface area (Å²) in [7, 11) is 0. The topological polar surface area (TPSA) is 12.0 Å². The van der Waals surface area contributed by atoms with Gasteiger partial charge in [0.2, 0.25) is 0 Å². The molecule has 0 aromatic heterocycles. The first kappa shape index (κ1) is 10.4. The zero-order valence-electron chi connectivity index (χ0n) is 10.8. The van der Waals surface area contributed by atoms with E-state index >= 15 is 0 Å². The van der Waals surface area contributed by atoms with Crippen molar-refractivity contribution in [2.75, 3.05) is 11.9 Å². The maximum absolute atomic E-state index is 3.61. The highest BCUT2D eigenvalue weighted by Crippen LogP contribution is 2.36. The molecule has 18 heavy (non-hydrogen) atoms. The van der Waals surface area contributed by atoms with Gasteiger partial charge in [-0.25, -0.2) is 0 Å². The molecule has 0 unspecified atom stereocenters. The number of nitrogens with one attached hydrogen (secondary N) is 1. The Hall–Kier alpha value is -1.50. The van der Waals surface area contributed by atoms with E-state index in [0.29, 0.717) is 0 Å². The lowest BCUT2D eigenvalue weighted by molar-refractivity contribution is 0.690. The molecule has 0 spiro atoms. The van der Waals surface area contributed by atoms with Gasteiger partial charge in [-0.3, -0.25) is 0 Å². The minimum atomic E-state index is 1.13. The lowest BCUT2D eigenvalue weighted by Gasteiger charge is -2.23. The highest BCUT2D eigenvalue weighted by molar-refractivity contribution is 5.98. The van der Waals surface area contributed by atoms with Crippen LogP contribution >= 0.6 is 0 Å². The highest BCUT2D eigenvalue weighted by atomic mass is 14.9. The Labute approximate surface area is 108 Å². The number of rotatable bonds is 0. The molecule has 0 saturated carbocycles. The molecule has 1 aliphatic carbocycles. The standard InChI is InChI=1S/C17H19N/c1-2-6-14-12(4-1)7-10-16-15(14)9-8-13-5-3-11-18-17(13)16/h7-10,18H,1-6,11H2. The fraction of sp³-hybridized carbons (Fsp3) is 0.412. The summed E-state index contributed by atoms with van der Waals surface area (Å²) in [5, 5.41) is 6.56. The second kappa shape index (κ2) is 4.01. The normalized spacial score (nSPS) is 18.0. The minimum Gasteiger partial charge on any atom is -0.384 e. The van der Waals surface area contributed by atoms with Gasteiger partial charge < -0.3 is 5.32 Å². The van der Waals surface area contributed by atoms with E-state index in [1.165, 1.54) is 60.5 Å². The maximum Gasteiger partial charge on any atom is 0.0452 e. The van der Waals surface area contributed by atoms with Crippen LogP contribution in [0.15, 0.2) is 24.3 Å². The quantitative estimate of drug-likeness (QED) is 0.728. The molecule has 1 heteroatoms. The van der Waals surface area contributed by atoms with Crippen LogP contribution in [0.3, 0.4) is 0 Å². The van der Waals surface area contributed by atoms with Gasteiger partial charge in [-0.1, -0.05) is 24.3 Å². The van der Waals surface area contributed by atoms with Crippen LogP contribution in [-0.2, 0) is 19.3 Å². The van der Waals surface area contributed by atoms with Crippen molar-refractivity contribution in [3.63, 3.8) is 0 Å². The van der Waals surface area contributed by atoms with Crippen molar-refractivity contribution < 1.29 is 0 Å². The molecule has 0 bridgehead atoms. The Morgan fingerprint density at radius 1 is 0.722 bits per heavy atom. The van der Waals surface area contributed by atoms with Gasteiger partial charge in [-0.2, -0.15) is 0 Å². The molecular weight excluding hydrogens is 218 g/mol. The number of hydrogen-bond acceptors (Lipinski definition) is 1. The molecule has 1 nitrogen and oxygen atoms in total. The van der Waals surface area contributed by atoms with E-state index in [4.69, 9.17) is 0 Å². The summed E-state index contributed by atoms with van der Waals surface area (Å²) < 4.78 is 0. The van der Waals surface area contributed by atoms with Crippen LogP contribution in [0.1, 0.15) is 36.0 Å². The summed E-state index contributed by atoms with van der Waals surface area (Å²) in [6.07, 6.45) is 7.76. The lowest BCUT2D eigenvalue weighted by Crippen LogP contribution is -2.12. The smallest absolute Gasteiger partial charge is 0.0452 e. The van der Waals surface area contributed by atoms with Gasteiger partial charge in [-0.05, 0) is 60.6 Å². The Morgan fingerprint density at radius 3 is 2.50 bits per heavy atom. The van der Waals surface area contributed by atoms with E-state index in [1.807, 2.05) is 0 Å². The zero-order chi connectivity index (χ0) is 11.9. The first-order chi connectivity index (χ1) is 8.93. The summed E-state index contributed by atoms with van der Waals surface area (Å²) in [4.78, 5) is 0. The van der Waals surface area contributed by atoms with E-state index in [1.54, 1.807) is 11.1 Å². The lowest BCUT2D eigenvalue weighted by atomic mass is 9.86. The predicted octanol–water partition coefficient (Wildman–Crippen LogP) is 4.08. The molecule has 1 N–H and O–H groups in total. The molecule has 2 aromatic rings. The van der Waals surface area contributed by atoms with Crippen LogP contribution < -0.4 is 5.32 Å². The van der Waals surface area contributed by atoms with Gasteiger partial charge in [0.25, 0.3) is 0 Å². The average molecular weight is 237 g/mol. The van der Waals surface area contributed by atoms with Gasteiger partial charge in [0.15, 0.2) is 0 Å². The molecule has 0 amide bonds. The molecule has 0 atom stereocenters. The predicted molar refractivity (Wildman–Crippen MR) is 77.4 cm³/mol. The van der Waals surface area contributed by atoms with Crippen molar-refractivity contribution >= 4 is 16.5 Å². The number of fused-ring (bicyclic) bond motifs is 5. The maximum atomic E-state index is 3.61. The Balaban J connectivity index is 2.01. The minimum absolute atomic E-state index is 1.13. The largest absolute Gasteiger partial charge is 0.384 e. The molecule has 1 aliphatic heterocycles. The van der Waals surface area contributed by atoms with E-state index in [9.17, 15) is 0 Å². The van der Waals surface area contributed by atoms with Crippen molar-refractivity contribution in [1.29, 1.82) is 0 Å². The third-order valence-corrected chi connectivity index (χ3v) is 4.54. The van der Waals surface area contributed by atoms with Gasteiger partial charge in [0, 0.05) is 17.6 Å². The van der Waals surface area contributed by atoms with E-state index < -0.39 is 0 Å². The number of anilines is 1. The molecule has 2 aromatic carbocycles. The van der Waals surface area contributed by atoms with Crippen LogP contribution in [0, 0.1) is 0 Å². The van der Waals surface area contributed by atoms with E-state index in [2.05, 4.69) is 29.6 Å². The van der Waals surface area contributed by atoms with E-state index in [-0.39, 0.29) is 0 Å².